The Morgan fingerprint density at radius 3 is 2.35 bits per heavy atom. The number of amides is 1. The monoisotopic (exact) mass is 318 g/mol. The Balaban J connectivity index is 1.65. The van der Waals surface area contributed by atoms with Gasteiger partial charge in [0, 0.05) is 12.5 Å². The fourth-order valence-electron chi connectivity index (χ4n) is 2.97. The average molecular weight is 318 g/mol. The molecule has 0 spiro atoms. The van der Waals surface area contributed by atoms with Gasteiger partial charge < -0.3 is 15.4 Å². The predicted octanol–water partition coefficient (Wildman–Crippen LogP) is 2.95. The van der Waals surface area contributed by atoms with E-state index in [9.17, 15) is 4.79 Å². The van der Waals surface area contributed by atoms with E-state index in [2.05, 4.69) is 49.9 Å². The van der Waals surface area contributed by atoms with Gasteiger partial charge in [-0.25, -0.2) is 0 Å². The zero-order chi connectivity index (χ0) is 16.9. The molecule has 1 aromatic carbocycles. The molecule has 0 aliphatic carbocycles. The van der Waals surface area contributed by atoms with Crippen molar-refractivity contribution in [3.05, 3.63) is 29.8 Å². The topological polar surface area (TPSA) is 55.6 Å². The molecule has 2 rings (SSSR count). The van der Waals surface area contributed by atoms with Gasteiger partial charge in [-0.05, 0) is 55.5 Å². The van der Waals surface area contributed by atoms with E-state index in [0.717, 1.165) is 51.3 Å². The Hall–Kier alpha value is -1.55. The summed E-state index contributed by atoms with van der Waals surface area (Å²) in [6, 6.07) is 8.39. The van der Waals surface area contributed by atoms with Crippen LogP contribution in [-0.2, 0) is 10.2 Å². The van der Waals surface area contributed by atoms with E-state index >= 15 is 0 Å². The van der Waals surface area contributed by atoms with Crippen LogP contribution in [-0.4, -0.2) is 37.0 Å². The Labute approximate surface area is 140 Å². The van der Waals surface area contributed by atoms with Gasteiger partial charge in [-0.1, -0.05) is 32.9 Å². The molecule has 0 radical (unpaired) electrons. The average Bonchev–Trinajstić information content (AvgIpc) is 2.51. The Morgan fingerprint density at radius 1 is 1.22 bits per heavy atom. The number of ether oxygens (including phenoxy) is 1. The normalized spacial score (nSPS) is 17.2. The number of primary amides is 1. The number of hydrogen-bond donors (Lipinski definition) is 1. The molecule has 1 amide bonds. The van der Waals surface area contributed by atoms with Crippen LogP contribution in [0.4, 0.5) is 0 Å². The third-order valence-corrected chi connectivity index (χ3v) is 4.60. The van der Waals surface area contributed by atoms with Gasteiger partial charge in [0.15, 0.2) is 0 Å². The van der Waals surface area contributed by atoms with Crippen molar-refractivity contribution in [1.29, 1.82) is 0 Å². The Morgan fingerprint density at radius 2 is 1.83 bits per heavy atom. The van der Waals surface area contributed by atoms with Gasteiger partial charge in [0.2, 0.25) is 5.91 Å². The first-order valence-electron chi connectivity index (χ1n) is 8.61. The zero-order valence-corrected chi connectivity index (χ0v) is 14.7. The van der Waals surface area contributed by atoms with Gasteiger partial charge >= 0.3 is 0 Å². The quantitative estimate of drug-likeness (QED) is 0.821. The molecule has 0 unspecified atom stereocenters. The zero-order valence-electron chi connectivity index (χ0n) is 14.7. The van der Waals surface area contributed by atoms with Crippen LogP contribution in [0.3, 0.4) is 0 Å². The highest BCUT2D eigenvalue weighted by Gasteiger charge is 2.22. The third kappa shape index (κ3) is 5.54. The molecule has 0 aromatic heterocycles. The van der Waals surface area contributed by atoms with Crippen LogP contribution in [0, 0.1) is 5.92 Å². The highest BCUT2D eigenvalue weighted by molar-refractivity contribution is 5.76. The van der Waals surface area contributed by atoms with Gasteiger partial charge in [0.25, 0.3) is 0 Å². The third-order valence-electron chi connectivity index (χ3n) is 4.60. The number of rotatable bonds is 6. The SMILES string of the molecule is CC(C)(C)c1ccc(OCCCN2CCC(C(N)=O)CC2)cc1. The van der Waals surface area contributed by atoms with Crippen LogP contribution >= 0.6 is 0 Å². The maximum absolute atomic E-state index is 11.1. The smallest absolute Gasteiger partial charge is 0.220 e. The van der Waals surface area contributed by atoms with Crippen molar-refractivity contribution in [1.82, 2.24) is 4.90 Å². The highest BCUT2D eigenvalue weighted by atomic mass is 16.5. The summed E-state index contributed by atoms with van der Waals surface area (Å²) in [5.74, 6) is 0.862. The van der Waals surface area contributed by atoms with Crippen LogP contribution in [0.2, 0.25) is 0 Å². The van der Waals surface area contributed by atoms with E-state index in [1.165, 1.54) is 5.56 Å². The lowest BCUT2D eigenvalue weighted by molar-refractivity contribution is -0.123. The fraction of sp³-hybridized carbons (Fsp3) is 0.632. The number of nitrogens with two attached hydrogens (primary N) is 1. The fourth-order valence-corrected chi connectivity index (χ4v) is 2.97. The molecule has 1 fully saturated rings. The Bertz CT molecular complexity index is 497. The second-order valence-electron chi connectivity index (χ2n) is 7.49. The van der Waals surface area contributed by atoms with Gasteiger partial charge in [0.05, 0.1) is 6.61 Å². The van der Waals surface area contributed by atoms with Crippen LogP contribution in [0.5, 0.6) is 5.75 Å². The second kappa shape index (κ2) is 7.82. The first kappa shape index (κ1) is 17.8. The van der Waals surface area contributed by atoms with Gasteiger partial charge in [0.1, 0.15) is 5.75 Å². The van der Waals surface area contributed by atoms with E-state index < -0.39 is 0 Å². The summed E-state index contributed by atoms with van der Waals surface area (Å²) >= 11 is 0. The molecule has 0 atom stereocenters. The van der Waals surface area contributed by atoms with Crippen molar-refractivity contribution in [2.75, 3.05) is 26.2 Å². The largest absolute Gasteiger partial charge is 0.494 e. The molecular weight excluding hydrogens is 288 g/mol. The lowest BCUT2D eigenvalue weighted by Gasteiger charge is -2.30. The van der Waals surface area contributed by atoms with Crippen LogP contribution in [0.25, 0.3) is 0 Å². The minimum atomic E-state index is -0.147. The second-order valence-corrected chi connectivity index (χ2v) is 7.49. The summed E-state index contributed by atoms with van der Waals surface area (Å²) in [7, 11) is 0. The molecule has 0 saturated carbocycles. The van der Waals surface area contributed by atoms with Crippen LogP contribution < -0.4 is 10.5 Å². The van der Waals surface area contributed by atoms with Crippen molar-refractivity contribution in [2.24, 2.45) is 11.7 Å². The number of nitrogens with zero attached hydrogens (tertiary/aromatic N) is 1. The van der Waals surface area contributed by atoms with Gasteiger partial charge in [-0.3, -0.25) is 4.79 Å². The summed E-state index contributed by atoms with van der Waals surface area (Å²) in [6.07, 6.45) is 2.79. The van der Waals surface area contributed by atoms with E-state index in [4.69, 9.17) is 10.5 Å². The first-order valence-corrected chi connectivity index (χ1v) is 8.61. The molecule has 4 nitrogen and oxygen atoms in total. The molecule has 1 aromatic rings. The summed E-state index contributed by atoms with van der Waals surface area (Å²) in [4.78, 5) is 13.5. The van der Waals surface area contributed by atoms with Crippen molar-refractivity contribution < 1.29 is 9.53 Å². The van der Waals surface area contributed by atoms with Crippen molar-refractivity contribution in [3.8, 4) is 5.75 Å². The molecule has 2 N–H and O–H groups in total. The van der Waals surface area contributed by atoms with Crippen molar-refractivity contribution >= 4 is 5.91 Å². The minimum Gasteiger partial charge on any atom is -0.494 e. The minimum absolute atomic E-state index is 0.0730. The molecule has 1 aliphatic heterocycles. The van der Waals surface area contributed by atoms with E-state index in [-0.39, 0.29) is 17.2 Å². The molecule has 4 heteroatoms. The van der Waals surface area contributed by atoms with Crippen molar-refractivity contribution in [2.45, 2.75) is 45.4 Å². The highest BCUT2D eigenvalue weighted by Crippen LogP contribution is 2.24. The van der Waals surface area contributed by atoms with E-state index in [1.54, 1.807) is 0 Å². The number of hydrogen-bond acceptors (Lipinski definition) is 3. The number of benzene rings is 1. The first-order chi connectivity index (χ1) is 10.9. The van der Waals surface area contributed by atoms with E-state index in [0.29, 0.717) is 0 Å². The van der Waals surface area contributed by atoms with E-state index in [1.807, 2.05) is 0 Å². The standard InChI is InChI=1S/C19H30N2O2/c1-19(2,3)16-5-7-17(8-6-16)23-14-4-11-21-12-9-15(10-13-21)18(20)22/h5-8,15H,4,9-14H2,1-3H3,(H2,20,22). The summed E-state index contributed by atoms with van der Waals surface area (Å²) in [5, 5.41) is 0. The van der Waals surface area contributed by atoms with Gasteiger partial charge in [-0.2, -0.15) is 0 Å². The molecule has 1 saturated heterocycles. The molecule has 0 bridgehead atoms. The summed E-state index contributed by atoms with van der Waals surface area (Å²) in [6.45, 7) is 10.3. The lowest BCUT2D eigenvalue weighted by atomic mass is 9.87. The van der Waals surface area contributed by atoms with Crippen LogP contribution in [0.1, 0.15) is 45.6 Å². The summed E-state index contributed by atoms with van der Waals surface area (Å²) < 4.78 is 5.82. The van der Waals surface area contributed by atoms with Gasteiger partial charge in [-0.15, -0.1) is 0 Å². The Kier molecular flexibility index (Phi) is 6.05. The van der Waals surface area contributed by atoms with Crippen molar-refractivity contribution in [3.63, 3.8) is 0 Å². The molecule has 1 aliphatic rings. The molecular formula is C19H30N2O2. The molecule has 23 heavy (non-hydrogen) atoms. The van der Waals surface area contributed by atoms with Crippen LogP contribution in [0.15, 0.2) is 24.3 Å². The lowest BCUT2D eigenvalue weighted by Crippen LogP contribution is -2.39. The number of carbonyl (C=O) groups excluding carboxylic acids is 1. The maximum Gasteiger partial charge on any atom is 0.220 e. The predicted molar refractivity (Wildman–Crippen MR) is 93.6 cm³/mol. The summed E-state index contributed by atoms with van der Waals surface area (Å²) in [5.41, 5.74) is 6.86. The maximum atomic E-state index is 11.1. The number of piperidine rings is 1. The molecule has 1 heterocycles. The number of carbonyl (C=O) groups is 1. The number of likely N-dealkylation sites (tertiary alicyclic amines) is 1. The molecule has 128 valence electrons.